The summed E-state index contributed by atoms with van der Waals surface area (Å²) in [6, 6.07) is 14.8. The molecule has 0 atom stereocenters. The highest BCUT2D eigenvalue weighted by molar-refractivity contribution is 6.30. The molecule has 0 aliphatic carbocycles. The summed E-state index contributed by atoms with van der Waals surface area (Å²) >= 11 is 5.97. The summed E-state index contributed by atoms with van der Waals surface area (Å²) in [7, 11) is 1.61. The lowest BCUT2D eigenvalue weighted by Crippen LogP contribution is -1.91. The van der Waals surface area contributed by atoms with Gasteiger partial charge >= 0.3 is 0 Å². The highest BCUT2D eigenvalue weighted by Crippen LogP contribution is 2.37. The van der Waals surface area contributed by atoms with Crippen molar-refractivity contribution in [1.82, 2.24) is 9.97 Å². The van der Waals surface area contributed by atoms with Gasteiger partial charge in [-0.3, -0.25) is 0 Å². The van der Waals surface area contributed by atoms with Crippen LogP contribution in [-0.4, -0.2) is 17.1 Å². The lowest BCUT2D eigenvalue weighted by atomic mass is 10.1. The Labute approximate surface area is 155 Å². The molecule has 0 bridgehead atoms. The Balaban J connectivity index is 1.80. The molecule has 0 unspecified atom stereocenters. The lowest BCUT2D eigenvalue weighted by molar-refractivity contribution is 0.408. The van der Waals surface area contributed by atoms with Gasteiger partial charge in [-0.1, -0.05) is 17.7 Å². The van der Waals surface area contributed by atoms with Gasteiger partial charge in [0.05, 0.1) is 7.11 Å². The number of halogens is 1. The zero-order valence-electron chi connectivity index (χ0n) is 14.2. The van der Waals surface area contributed by atoms with Gasteiger partial charge in [0.25, 0.3) is 0 Å². The zero-order valence-corrected chi connectivity index (χ0v) is 14.9. The van der Waals surface area contributed by atoms with Gasteiger partial charge in [0.2, 0.25) is 11.6 Å². The molecular weight excluding hydrogens is 352 g/mol. The number of hydrogen-bond donors (Lipinski definition) is 0. The number of hydrogen-bond acceptors (Lipinski definition) is 5. The second kappa shape index (κ2) is 6.69. The number of furan rings is 1. The van der Waals surface area contributed by atoms with E-state index in [0.29, 0.717) is 33.9 Å². The van der Waals surface area contributed by atoms with Crippen molar-refractivity contribution in [2.45, 2.75) is 6.92 Å². The molecule has 0 N–H and O–H groups in total. The van der Waals surface area contributed by atoms with E-state index in [1.54, 1.807) is 13.2 Å². The van der Waals surface area contributed by atoms with Gasteiger partial charge in [-0.25, -0.2) is 9.97 Å². The molecule has 2 aromatic carbocycles. The number of rotatable bonds is 4. The van der Waals surface area contributed by atoms with Crippen molar-refractivity contribution in [3.63, 3.8) is 0 Å². The minimum absolute atomic E-state index is 0.435. The Morgan fingerprint density at radius 1 is 1.00 bits per heavy atom. The molecule has 26 heavy (non-hydrogen) atoms. The van der Waals surface area contributed by atoms with Crippen LogP contribution in [0.5, 0.6) is 17.4 Å². The van der Waals surface area contributed by atoms with Gasteiger partial charge in [-0.05, 0) is 43.3 Å². The van der Waals surface area contributed by atoms with E-state index >= 15 is 0 Å². The second-order valence-electron chi connectivity index (χ2n) is 5.70. The van der Waals surface area contributed by atoms with Crippen LogP contribution in [0.1, 0.15) is 5.56 Å². The third-order valence-corrected chi connectivity index (χ3v) is 4.31. The van der Waals surface area contributed by atoms with Crippen molar-refractivity contribution in [1.29, 1.82) is 0 Å². The van der Waals surface area contributed by atoms with E-state index in [9.17, 15) is 0 Å². The molecule has 0 aliphatic rings. The maximum Gasteiger partial charge on any atom is 0.233 e. The molecule has 0 fully saturated rings. The SMILES string of the molecule is COc1cccc(Oc2ncnc3oc(-c4ccc(Cl)cc4)c(C)c23)c1. The Hall–Kier alpha value is -3.05. The summed E-state index contributed by atoms with van der Waals surface area (Å²) in [6.07, 6.45) is 1.42. The van der Waals surface area contributed by atoms with Gasteiger partial charge in [0.15, 0.2) is 0 Å². The molecule has 2 aromatic heterocycles. The molecule has 0 saturated carbocycles. The van der Waals surface area contributed by atoms with Crippen LogP contribution in [0.2, 0.25) is 5.02 Å². The Bertz CT molecular complexity index is 1070. The van der Waals surface area contributed by atoms with E-state index < -0.39 is 0 Å². The van der Waals surface area contributed by atoms with Gasteiger partial charge in [0, 0.05) is 22.2 Å². The number of aryl methyl sites for hydroxylation is 1. The predicted molar refractivity (Wildman–Crippen MR) is 100 cm³/mol. The van der Waals surface area contributed by atoms with Crippen LogP contribution in [0.25, 0.3) is 22.4 Å². The van der Waals surface area contributed by atoms with Gasteiger partial charge in [0.1, 0.15) is 29.0 Å². The molecule has 0 amide bonds. The minimum atomic E-state index is 0.435. The average molecular weight is 367 g/mol. The highest BCUT2D eigenvalue weighted by atomic mass is 35.5. The molecular formula is C20H15ClN2O3. The molecule has 0 aliphatic heterocycles. The van der Waals surface area contributed by atoms with Crippen molar-refractivity contribution < 1.29 is 13.9 Å². The van der Waals surface area contributed by atoms with Crippen LogP contribution >= 0.6 is 11.6 Å². The molecule has 4 aromatic rings. The molecule has 6 heteroatoms. The molecule has 130 valence electrons. The monoisotopic (exact) mass is 366 g/mol. The Morgan fingerprint density at radius 2 is 1.77 bits per heavy atom. The summed E-state index contributed by atoms with van der Waals surface area (Å²) in [5.74, 6) is 2.48. The maximum atomic E-state index is 5.97. The minimum Gasteiger partial charge on any atom is -0.497 e. The molecule has 0 saturated heterocycles. The van der Waals surface area contributed by atoms with Crippen LogP contribution in [0.15, 0.2) is 59.3 Å². The third kappa shape index (κ3) is 2.97. The summed E-state index contributed by atoms with van der Waals surface area (Å²) in [6.45, 7) is 1.96. The van der Waals surface area contributed by atoms with Gasteiger partial charge in [-0.15, -0.1) is 0 Å². The number of nitrogens with zero attached hydrogens (tertiary/aromatic N) is 2. The summed E-state index contributed by atoms with van der Waals surface area (Å²) in [4.78, 5) is 8.52. The first-order valence-corrected chi connectivity index (χ1v) is 8.35. The maximum absolute atomic E-state index is 5.97. The number of benzene rings is 2. The van der Waals surface area contributed by atoms with Crippen molar-refractivity contribution in [3.05, 3.63) is 65.4 Å². The van der Waals surface area contributed by atoms with E-state index in [1.807, 2.05) is 49.4 Å². The zero-order chi connectivity index (χ0) is 18.1. The topological polar surface area (TPSA) is 57.4 Å². The number of fused-ring (bicyclic) bond motifs is 1. The Kier molecular flexibility index (Phi) is 4.22. The predicted octanol–water partition coefficient (Wildman–Crippen LogP) is 5.65. The van der Waals surface area contributed by atoms with Crippen molar-refractivity contribution in [3.8, 4) is 28.7 Å². The van der Waals surface area contributed by atoms with Crippen LogP contribution in [0.4, 0.5) is 0 Å². The van der Waals surface area contributed by atoms with E-state index in [4.69, 9.17) is 25.5 Å². The second-order valence-corrected chi connectivity index (χ2v) is 6.14. The quantitative estimate of drug-likeness (QED) is 0.467. The summed E-state index contributed by atoms with van der Waals surface area (Å²) in [5.41, 5.74) is 2.29. The fourth-order valence-corrected chi connectivity index (χ4v) is 2.90. The number of aromatic nitrogens is 2. The van der Waals surface area contributed by atoms with E-state index in [0.717, 1.165) is 16.5 Å². The van der Waals surface area contributed by atoms with Gasteiger partial charge < -0.3 is 13.9 Å². The third-order valence-electron chi connectivity index (χ3n) is 4.05. The summed E-state index contributed by atoms with van der Waals surface area (Å²) in [5, 5.41) is 1.41. The first kappa shape index (κ1) is 16.4. The molecule has 0 spiro atoms. The van der Waals surface area contributed by atoms with Crippen LogP contribution in [0.3, 0.4) is 0 Å². The van der Waals surface area contributed by atoms with Gasteiger partial charge in [-0.2, -0.15) is 0 Å². The molecule has 0 radical (unpaired) electrons. The van der Waals surface area contributed by atoms with Crippen LogP contribution in [0, 0.1) is 6.92 Å². The standard InChI is InChI=1S/C20H15ClN2O3/c1-12-17-19(25-16-5-3-4-15(10-16)24-2)22-11-23-20(17)26-18(12)13-6-8-14(21)9-7-13/h3-11H,1-2H3. The van der Waals surface area contributed by atoms with E-state index in [1.165, 1.54) is 6.33 Å². The lowest BCUT2D eigenvalue weighted by Gasteiger charge is -2.07. The fourth-order valence-electron chi connectivity index (χ4n) is 2.77. The molecule has 4 rings (SSSR count). The molecule has 2 heterocycles. The first-order chi connectivity index (χ1) is 12.7. The normalized spacial score (nSPS) is 10.9. The fraction of sp³-hybridized carbons (Fsp3) is 0.100. The smallest absolute Gasteiger partial charge is 0.233 e. The van der Waals surface area contributed by atoms with Crippen LogP contribution in [-0.2, 0) is 0 Å². The van der Waals surface area contributed by atoms with Crippen molar-refractivity contribution in [2.24, 2.45) is 0 Å². The van der Waals surface area contributed by atoms with Crippen molar-refractivity contribution >= 4 is 22.7 Å². The Morgan fingerprint density at radius 3 is 2.54 bits per heavy atom. The van der Waals surface area contributed by atoms with E-state index in [-0.39, 0.29) is 0 Å². The highest BCUT2D eigenvalue weighted by Gasteiger charge is 2.19. The number of methoxy groups -OCH3 is 1. The van der Waals surface area contributed by atoms with E-state index in [2.05, 4.69) is 9.97 Å². The number of ether oxygens (including phenoxy) is 2. The van der Waals surface area contributed by atoms with Crippen LogP contribution < -0.4 is 9.47 Å². The van der Waals surface area contributed by atoms with Crippen molar-refractivity contribution in [2.75, 3.05) is 7.11 Å². The largest absolute Gasteiger partial charge is 0.497 e. The summed E-state index contributed by atoms with van der Waals surface area (Å²) < 4.78 is 17.2. The molecule has 5 nitrogen and oxygen atoms in total. The average Bonchev–Trinajstić information content (AvgIpc) is 3.00. The first-order valence-electron chi connectivity index (χ1n) is 7.97.